The summed E-state index contributed by atoms with van der Waals surface area (Å²) < 4.78 is 0. The molecule has 0 radical (unpaired) electrons. The standard InChI is InChI=1S/C15H13N/c1-10-5-3-7-12-9-16-13-8-4-6-11(2)15(13)14(10)12/h3-9H,1-2H3. The molecule has 3 aromatic rings. The summed E-state index contributed by atoms with van der Waals surface area (Å²) in [6.07, 6.45) is 1.96. The smallest absolute Gasteiger partial charge is 0.0711 e. The zero-order chi connectivity index (χ0) is 11.1. The summed E-state index contributed by atoms with van der Waals surface area (Å²) in [7, 11) is 0. The Balaban J connectivity index is 2.67. The predicted molar refractivity (Wildman–Crippen MR) is 68.7 cm³/mol. The molecule has 0 atom stereocenters. The molecule has 1 heterocycles. The molecule has 1 aromatic heterocycles. The summed E-state index contributed by atoms with van der Waals surface area (Å²) >= 11 is 0. The highest BCUT2D eigenvalue weighted by Crippen LogP contribution is 2.28. The van der Waals surface area contributed by atoms with Gasteiger partial charge in [-0.15, -0.1) is 0 Å². The molecule has 3 rings (SSSR count). The first-order valence-electron chi connectivity index (χ1n) is 5.51. The summed E-state index contributed by atoms with van der Waals surface area (Å²) in [4.78, 5) is 4.51. The van der Waals surface area contributed by atoms with Crippen molar-refractivity contribution < 1.29 is 0 Å². The molecule has 1 heteroatoms. The van der Waals surface area contributed by atoms with Crippen LogP contribution in [0.4, 0.5) is 0 Å². The maximum atomic E-state index is 4.51. The Morgan fingerprint density at radius 1 is 0.812 bits per heavy atom. The molecule has 16 heavy (non-hydrogen) atoms. The molecular formula is C15H13N. The highest BCUT2D eigenvalue weighted by atomic mass is 14.6. The van der Waals surface area contributed by atoms with Gasteiger partial charge in [0.15, 0.2) is 0 Å². The molecule has 0 fully saturated rings. The van der Waals surface area contributed by atoms with Gasteiger partial charge in [-0.25, -0.2) is 0 Å². The Hall–Kier alpha value is -1.89. The van der Waals surface area contributed by atoms with E-state index in [0.717, 1.165) is 5.52 Å². The summed E-state index contributed by atoms with van der Waals surface area (Å²) in [6.45, 7) is 4.31. The molecule has 1 nitrogen and oxygen atoms in total. The van der Waals surface area contributed by atoms with Crippen LogP contribution in [0.3, 0.4) is 0 Å². The van der Waals surface area contributed by atoms with Crippen molar-refractivity contribution in [2.45, 2.75) is 13.8 Å². The van der Waals surface area contributed by atoms with Gasteiger partial charge in [0.2, 0.25) is 0 Å². The Labute approximate surface area is 94.7 Å². The van der Waals surface area contributed by atoms with Crippen molar-refractivity contribution >= 4 is 21.7 Å². The Kier molecular flexibility index (Phi) is 1.93. The van der Waals surface area contributed by atoms with E-state index in [1.165, 1.54) is 27.3 Å². The Morgan fingerprint density at radius 2 is 1.50 bits per heavy atom. The average Bonchev–Trinajstić information content (AvgIpc) is 2.29. The van der Waals surface area contributed by atoms with Gasteiger partial charge in [0.25, 0.3) is 0 Å². The van der Waals surface area contributed by atoms with Crippen LogP contribution in [0.25, 0.3) is 21.7 Å². The fourth-order valence-corrected chi connectivity index (χ4v) is 2.36. The third kappa shape index (κ3) is 1.21. The van der Waals surface area contributed by atoms with E-state index in [2.05, 4.69) is 55.2 Å². The topological polar surface area (TPSA) is 12.9 Å². The van der Waals surface area contributed by atoms with Crippen molar-refractivity contribution in [2.75, 3.05) is 0 Å². The average molecular weight is 207 g/mol. The molecule has 0 unspecified atom stereocenters. The zero-order valence-electron chi connectivity index (χ0n) is 9.49. The molecule has 0 amide bonds. The molecule has 2 aromatic carbocycles. The second-order valence-electron chi connectivity index (χ2n) is 4.27. The molecule has 0 aliphatic heterocycles. The minimum absolute atomic E-state index is 1.09. The van der Waals surface area contributed by atoms with E-state index >= 15 is 0 Å². The third-order valence-electron chi connectivity index (χ3n) is 3.15. The van der Waals surface area contributed by atoms with Gasteiger partial charge in [0, 0.05) is 17.0 Å². The van der Waals surface area contributed by atoms with Crippen molar-refractivity contribution in [3.63, 3.8) is 0 Å². The lowest BCUT2D eigenvalue weighted by atomic mass is 9.99. The van der Waals surface area contributed by atoms with Gasteiger partial charge in [0.05, 0.1) is 5.52 Å². The Bertz CT molecular complexity index is 623. The van der Waals surface area contributed by atoms with E-state index in [-0.39, 0.29) is 0 Å². The number of hydrogen-bond acceptors (Lipinski definition) is 1. The maximum Gasteiger partial charge on any atom is 0.0711 e. The van der Waals surface area contributed by atoms with Crippen LogP contribution < -0.4 is 0 Å². The molecule has 0 spiro atoms. The molecule has 0 saturated carbocycles. The van der Waals surface area contributed by atoms with E-state index in [1.54, 1.807) is 0 Å². The first-order valence-corrected chi connectivity index (χ1v) is 5.51. The maximum absolute atomic E-state index is 4.51. The molecule has 0 bridgehead atoms. The SMILES string of the molecule is Cc1cccc2cnc3cccc(C)c3c12. The quantitative estimate of drug-likeness (QED) is 0.508. The van der Waals surface area contributed by atoms with Gasteiger partial charge < -0.3 is 0 Å². The Morgan fingerprint density at radius 3 is 2.31 bits per heavy atom. The van der Waals surface area contributed by atoms with Gasteiger partial charge in [-0.05, 0) is 36.4 Å². The fraction of sp³-hybridized carbons (Fsp3) is 0.133. The first-order chi connectivity index (χ1) is 7.77. The predicted octanol–water partition coefficient (Wildman–Crippen LogP) is 4.00. The normalized spacial score (nSPS) is 11.1. The van der Waals surface area contributed by atoms with Gasteiger partial charge in [-0.2, -0.15) is 0 Å². The minimum Gasteiger partial charge on any atom is -0.256 e. The molecule has 0 saturated heterocycles. The van der Waals surface area contributed by atoms with Crippen LogP contribution in [-0.2, 0) is 0 Å². The largest absolute Gasteiger partial charge is 0.256 e. The second kappa shape index (κ2) is 3.31. The van der Waals surface area contributed by atoms with Gasteiger partial charge in [-0.1, -0.05) is 30.3 Å². The molecule has 0 aliphatic rings. The summed E-state index contributed by atoms with van der Waals surface area (Å²) in [5.74, 6) is 0. The summed E-state index contributed by atoms with van der Waals surface area (Å²) in [5.41, 5.74) is 3.70. The van der Waals surface area contributed by atoms with Gasteiger partial charge >= 0.3 is 0 Å². The van der Waals surface area contributed by atoms with Crippen molar-refractivity contribution in [2.24, 2.45) is 0 Å². The highest BCUT2D eigenvalue weighted by Gasteiger charge is 2.05. The first kappa shape index (κ1) is 9.34. The molecular weight excluding hydrogens is 194 g/mol. The third-order valence-corrected chi connectivity index (χ3v) is 3.15. The highest BCUT2D eigenvalue weighted by molar-refractivity contribution is 6.08. The molecule has 0 N–H and O–H groups in total. The number of aromatic nitrogens is 1. The van der Waals surface area contributed by atoms with Crippen LogP contribution in [0, 0.1) is 13.8 Å². The molecule has 78 valence electrons. The van der Waals surface area contributed by atoms with Gasteiger partial charge in [-0.3, -0.25) is 4.98 Å². The van der Waals surface area contributed by atoms with Gasteiger partial charge in [0.1, 0.15) is 0 Å². The minimum atomic E-state index is 1.09. The summed E-state index contributed by atoms with van der Waals surface area (Å²) in [5, 5.41) is 3.85. The zero-order valence-corrected chi connectivity index (χ0v) is 9.49. The van der Waals surface area contributed by atoms with Crippen LogP contribution in [0.2, 0.25) is 0 Å². The van der Waals surface area contributed by atoms with Crippen molar-refractivity contribution in [3.8, 4) is 0 Å². The number of aryl methyl sites for hydroxylation is 2. The lowest BCUT2D eigenvalue weighted by Gasteiger charge is -2.08. The number of fused-ring (bicyclic) bond motifs is 3. The number of benzene rings is 2. The number of hydrogen-bond donors (Lipinski definition) is 0. The summed E-state index contributed by atoms with van der Waals surface area (Å²) in [6, 6.07) is 12.7. The fourth-order valence-electron chi connectivity index (χ4n) is 2.36. The second-order valence-corrected chi connectivity index (χ2v) is 4.27. The van der Waals surface area contributed by atoms with Crippen molar-refractivity contribution in [1.82, 2.24) is 4.98 Å². The van der Waals surface area contributed by atoms with Crippen LogP contribution in [0.15, 0.2) is 42.6 Å². The number of nitrogens with zero attached hydrogens (tertiary/aromatic N) is 1. The monoisotopic (exact) mass is 207 g/mol. The van der Waals surface area contributed by atoms with Crippen LogP contribution in [-0.4, -0.2) is 4.98 Å². The van der Waals surface area contributed by atoms with Crippen molar-refractivity contribution in [1.29, 1.82) is 0 Å². The van der Waals surface area contributed by atoms with Crippen LogP contribution in [0.5, 0.6) is 0 Å². The lowest BCUT2D eigenvalue weighted by molar-refractivity contribution is 1.41. The lowest BCUT2D eigenvalue weighted by Crippen LogP contribution is -1.87. The van der Waals surface area contributed by atoms with Crippen LogP contribution >= 0.6 is 0 Å². The number of rotatable bonds is 0. The van der Waals surface area contributed by atoms with E-state index < -0.39 is 0 Å². The van der Waals surface area contributed by atoms with Crippen LogP contribution in [0.1, 0.15) is 11.1 Å². The van der Waals surface area contributed by atoms with E-state index in [4.69, 9.17) is 0 Å². The van der Waals surface area contributed by atoms with Crippen molar-refractivity contribution in [3.05, 3.63) is 53.7 Å². The number of pyridine rings is 1. The molecule has 0 aliphatic carbocycles. The van der Waals surface area contributed by atoms with E-state index in [1.807, 2.05) is 6.20 Å². The van der Waals surface area contributed by atoms with E-state index in [0.29, 0.717) is 0 Å². The van der Waals surface area contributed by atoms with E-state index in [9.17, 15) is 0 Å².